The van der Waals surface area contributed by atoms with E-state index in [0.717, 1.165) is 50.1 Å². The van der Waals surface area contributed by atoms with E-state index in [4.69, 9.17) is 0 Å². The van der Waals surface area contributed by atoms with Gasteiger partial charge in [0, 0.05) is 37.5 Å². The molecule has 1 aromatic rings. The number of hydrogen-bond acceptors (Lipinski definition) is 3. The Labute approximate surface area is 156 Å². The van der Waals surface area contributed by atoms with E-state index in [1.807, 2.05) is 18.2 Å². The number of likely N-dealkylation sites (tertiary alicyclic amines) is 2. The summed E-state index contributed by atoms with van der Waals surface area (Å²) in [5.74, 6) is 0.384. The van der Waals surface area contributed by atoms with Crippen LogP contribution in [0.25, 0.3) is 0 Å². The molecule has 1 amide bonds. The lowest BCUT2D eigenvalue weighted by Crippen LogP contribution is -2.55. The summed E-state index contributed by atoms with van der Waals surface area (Å²) in [4.78, 5) is 17.3. The molecule has 0 N–H and O–H groups in total. The van der Waals surface area contributed by atoms with Gasteiger partial charge in [-0.2, -0.15) is 5.26 Å². The zero-order valence-electron chi connectivity index (χ0n) is 15.6. The quantitative estimate of drug-likeness (QED) is 0.834. The van der Waals surface area contributed by atoms with Gasteiger partial charge < -0.3 is 4.90 Å². The number of benzene rings is 1. The number of nitrogens with zero attached hydrogens (tertiary/aromatic N) is 3. The predicted octanol–water partition coefficient (Wildman–Crippen LogP) is 3.71. The molecule has 0 aromatic heterocycles. The minimum atomic E-state index is 0.260. The number of carbonyl (C=O) groups is 1. The molecule has 138 valence electrons. The highest BCUT2D eigenvalue weighted by Gasteiger charge is 2.43. The van der Waals surface area contributed by atoms with E-state index in [1.165, 1.54) is 38.5 Å². The Morgan fingerprint density at radius 1 is 1.12 bits per heavy atom. The fraction of sp³-hybridized carbons (Fsp3) is 0.636. The van der Waals surface area contributed by atoms with Gasteiger partial charge in [-0.25, -0.2) is 0 Å². The van der Waals surface area contributed by atoms with Crippen LogP contribution in [0.1, 0.15) is 62.5 Å². The molecule has 2 aliphatic heterocycles. The van der Waals surface area contributed by atoms with E-state index in [2.05, 4.69) is 21.9 Å². The lowest BCUT2D eigenvalue weighted by molar-refractivity contribution is -0.142. The average Bonchev–Trinajstić information content (AvgIpc) is 3.19. The molecule has 2 heterocycles. The number of amides is 1. The number of carbonyl (C=O) groups excluding carboxylic acids is 1. The first-order valence-electron chi connectivity index (χ1n) is 10.2. The molecule has 0 bridgehead atoms. The van der Waals surface area contributed by atoms with E-state index >= 15 is 0 Å². The second-order valence-corrected chi connectivity index (χ2v) is 8.54. The summed E-state index contributed by atoms with van der Waals surface area (Å²) in [5.41, 5.74) is 2.18. The molecule has 0 unspecified atom stereocenters. The molecular formula is C22H29N3O. The zero-order chi connectivity index (χ0) is 18.0. The van der Waals surface area contributed by atoms with Crippen LogP contribution in [0.4, 0.5) is 0 Å². The molecular weight excluding hydrogens is 322 g/mol. The third kappa shape index (κ3) is 3.50. The molecule has 2 saturated heterocycles. The SMILES string of the molecule is N#Cc1ccccc1CN1CCC[C@@]2(CCC(=O)N(C3CCCC3)C2)C1. The van der Waals surface area contributed by atoms with Crippen molar-refractivity contribution in [3.8, 4) is 6.07 Å². The molecule has 1 spiro atoms. The van der Waals surface area contributed by atoms with E-state index in [1.54, 1.807) is 0 Å². The van der Waals surface area contributed by atoms with Crippen molar-refractivity contribution < 1.29 is 4.79 Å². The maximum Gasteiger partial charge on any atom is 0.222 e. The van der Waals surface area contributed by atoms with Crippen LogP contribution in [0.5, 0.6) is 0 Å². The summed E-state index contributed by atoms with van der Waals surface area (Å²) in [7, 11) is 0. The second-order valence-electron chi connectivity index (χ2n) is 8.54. The van der Waals surface area contributed by atoms with Crippen LogP contribution < -0.4 is 0 Å². The van der Waals surface area contributed by atoms with Gasteiger partial charge in [0.15, 0.2) is 0 Å². The van der Waals surface area contributed by atoms with Crippen LogP contribution in [-0.2, 0) is 11.3 Å². The highest BCUT2D eigenvalue weighted by Crippen LogP contribution is 2.41. The molecule has 3 fully saturated rings. The highest BCUT2D eigenvalue weighted by atomic mass is 16.2. The Bertz CT molecular complexity index is 704. The van der Waals surface area contributed by atoms with E-state index in [9.17, 15) is 10.1 Å². The Balaban J connectivity index is 1.47. The van der Waals surface area contributed by atoms with Crippen LogP contribution in [0, 0.1) is 16.7 Å². The summed E-state index contributed by atoms with van der Waals surface area (Å²) in [6.45, 7) is 3.96. The normalized spacial score (nSPS) is 27.8. The first-order chi connectivity index (χ1) is 12.7. The summed E-state index contributed by atoms with van der Waals surface area (Å²) in [6.07, 6.45) is 9.13. The topological polar surface area (TPSA) is 47.3 Å². The summed E-state index contributed by atoms with van der Waals surface area (Å²) in [5, 5.41) is 9.36. The molecule has 3 aliphatic rings. The van der Waals surface area contributed by atoms with E-state index in [-0.39, 0.29) is 5.41 Å². The van der Waals surface area contributed by atoms with Gasteiger partial charge in [-0.1, -0.05) is 31.0 Å². The summed E-state index contributed by atoms with van der Waals surface area (Å²) < 4.78 is 0. The highest BCUT2D eigenvalue weighted by molar-refractivity contribution is 5.77. The van der Waals surface area contributed by atoms with Gasteiger partial charge in [0.25, 0.3) is 0 Å². The van der Waals surface area contributed by atoms with E-state index in [0.29, 0.717) is 11.9 Å². The first kappa shape index (κ1) is 17.5. The van der Waals surface area contributed by atoms with Crippen LogP contribution >= 0.6 is 0 Å². The van der Waals surface area contributed by atoms with Crippen molar-refractivity contribution >= 4 is 5.91 Å². The van der Waals surface area contributed by atoms with Crippen molar-refractivity contribution in [3.05, 3.63) is 35.4 Å². The number of nitriles is 1. The minimum Gasteiger partial charge on any atom is -0.339 e. The Hall–Kier alpha value is -1.86. The van der Waals surface area contributed by atoms with Crippen molar-refractivity contribution in [3.63, 3.8) is 0 Å². The smallest absolute Gasteiger partial charge is 0.222 e. The molecule has 1 aliphatic carbocycles. The number of piperidine rings is 2. The van der Waals surface area contributed by atoms with Gasteiger partial charge in [0.05, 0.1) is 11.6 Å². The molecule has 1 saturated carbocycles. The summed E-state index contributed by atoms with van der Waals surface area (Å²) >= 11 is 0. The average molecular weight is 351 g/mol. The fourth-order valence-electron chi connectivity index (χ4n) is 5.38. The van der Waals surface area contributed by atoms with Crippen LogP contribution in [-0.4, -0.2) is 41.4 Å². The Morgan fingerprint density at radius 3 is 2.73 bits per heavy atom. The standard InChI is InChI=1S/C22H29N3O/c23-14-18-6-1-2-7-19(18)15-24-13-5-11-22(16-24)12-10-21(26)25(17-22)20-8-3-4-9-20/h1-2,6-7,20H,3-5,8-13,15-17H2/t22-/m1/s1. The van der Waals surface area contributed by atoms with Gasteiger partial charge in [0.1, 0.15) is 0 Å². The summed E-state index contributed by atoms with van der Waals surface area (Å²) in [6, 6.07) is 10.8. The van der Waals surface area contributed by atoms with Gasteiger partial charge in [-0.05, 0) is 50.3 Å². The largest absolute Gasteiger partial charge is 0.339 e. The van der Waals surface area contributed by atoms with Crippen molar-refractivity contribution in [2.45, 2.75) is 64.0 Å². The number of rotatable bonds is 3. The Morgan fingerprint density at radius 2 is 1.92 bits per heavy atom. The van der Waals surface area contributed by atoms with Gasteiger partial charge in [-0.3, -0.25) is 9.69 Å². The van der Waals surface area contributed by atoms with Crippen molar-refractivity contribution in [1.82, 2.24) is 9.80 Å². The number of hydrogen-bond donors (Lipinski definition) is 0. The molecule has 1 aromatic carbocycles. The molecule has 4 nitrogen and oxygen atoms in total. The lowest BCUT2D eigenvalue weighted by Gasteiger charge is -2.49. The second kappa shape index (κ2) is 7.40. The maximum absolute atomic E-state index is 12.5. The van der Waals surface area contributed by atoms with Crippen LogP contribution in [0.15, 0.2) is 24.3 Å². The zero-order valence-corrected chi connectivity index (χ0v) is 15.6. The third-order valence-corrected chi connectivity index (χ3v) is 6.73. The molecule has 4 rings (SSSR count). The first-order valence-corrected chi connectivity index (χ1v) is 10.2. The third-order valence-electron chi connectivity index (χ3n) is 6.73. The molecule has 0 radical (unpaired) electrons. The predicted molar refractivity (Wildman–Crippen MR) is 101 cm³/mol. The lowest BCUT2D eigenvalue weighted by atomic mass is 9.73. The monoisotopic (exact) mass is 351 g/mol. The van der Waals surface area contributed by atoms with Crippen molar-refractivity contribution in [2.75, 3.05) is 19.6 Å². The van der Waals surface area contributed by atoms with Gasteiger partial charge in [-0.15, -0.1) is 0 Å². The minimum absolute atomic E-state index is 0.260. The van der Waals surface area contributed by atoms with Crippen LogP contribution in [0.2, 0.25) is 0 Å². The van der Waals surface area contributed by atoms with Gasteiger partial charge in [0.2, 0.25) is 5.91 Å². The fourth-order valence-corrected chi connectivity index (χ4v) is 5.38. The molecule has 26 heavy (non-hydrogen) atoms. The Kier molecular flexibility index (Phi) is 5.00. The maximum atomic E-state index is 12.5. The molecule has 1 atom stereocenters. The van der Waals surface area contributed by atoms with Crippen LogP contribution in [0.3, 0.4) is 0 Å². The van der Waals surface area contributed by atoms with E-state index < -0.39 is 0 Å². The molecule has 4 heteroatoms. The van der Waals surface area contributed by atoms with Gasteiger partial charge >= 0.3 is 0 Å². The van der Waals surface area contributed by atoms with Crippen molar-refractivity contribution in [1.29, 1.82) is 5.26 Å². The van der Waals surface area contributed by atoms with Crippen molar-refractivity contribution in [2.24, 2.45) is 5.41 Å².